The van der Waals surface area contributed by atoms with Crippen molar-refractivity contribution in [3.05, 3.63) is 72.3 Å². The number of nitrogens with one attached hydrogen (secondary N) is 2. The molecule has 8 nitrogen and oxygen atoms in total. The van der Waals surface area contributed by atoms with Crippen LogP contribution < -0.4 is 29.7 Å². The predicted molar refractivity (Wildman–Crippen MR) is 136 cm³/mol. The fourth-order valence-corrected chi connectivity index (χ4v) is 4.01. The minimum Gasteiger partial charge on any atom is -0.495 e. The molecule has 0 atom stereocenters. The number of carbonyl (C=O) groups is 2. The van der Waals surface area contributed by atoms with Crippen LogP contribution >= 0.6 is 0 Å². The van der Waals surface area contributed by atoms with E-state index in [0.29, 0.717) is 28.5 Å². The molecule has 35 heavy (non-hydrogen) atoms. The molecule has 1 aliphatic heterocycles. The summed E-state index contributed by atoms with van der Waals surface area (Å²) in [6.07, 6.45) is 2.30. The average Bonchev–Trinajstić information content (AvgIpc) is 3.43. The zero-order valence-corrected chi connectivity index (χ0v) is 19.9. The van der Waals surface area contributed by atoms with Crippen molar-refractivity contribution >= 4 is 28.9 Å². The molecule has 0 bridgehead atoms. The summed E-state index contributed by atoms with van der Waals surface area (Å²) in [5.41, 5.74) is 2.76. The largest absolute Gasteiger partial charge is 0.495 e. The first kappa shape index (κ1) is 23.9. The summed E-state index contributed by atoms with van der Waals surface area (Å²) in [6.45, 7) is 1.73. The zero-order chi connectivity index (χ0) is 24.6. The SMILES string of the molecule is COc1ccccc1NC(=O)COc1ccc(C(=O)Nc2ccccc2N2CCCC2)cc1OC. The van der Waals surface area contributed by atoms with Gasteiger partial charge < -0.3 is 29.7 Å². The van der Waals surface area contributed by atoms with E-state index in [1.807, 2.05) is 30.3 Å². The Hall–Kier alpha value is -4.20. The Morgan fingerprint density at radius 3 is 2.23 bits per heavy atom. The second-order valence-corrected chi connectivity index (χ2v) is 8.07. The fourth-order valence-electron chi connectivity index (χ4n) is 4.01. The molecule has 0 radical (unpaired) electrons. The van der Waals surface area contributed by atoms with Crippen molar-refractivity contribution in [1.29, 1.82) is 0 Å². The summed E-state index contributed by atoms with van der Waals surface area (Å²) in [5, 5.41) is 5.77. The molecule has 182 valence electrons. The Balaban J connectivity index is 1.41. The van der Waals surface area contributed by atoms with Crippen LogP contribution in [-0.4, -0.2) is 45.7 Å². The maximum atomic E-state index is 13.0. The van der Waals surface area contributed by atoms with E-state index in [1.54, 1.807) is 36.4 Å². The summed E-state index contributed by atoms with van der Waals surface area (Å²) < 4.78 is 16.3. The number of rotatable bonds is 9. The van der Waals surface area contributed by atoms with Gasteiger partial charge in [0.05, 0.1) is 31.3 Å². The molecule has 2 amide bonds. The molecule has 3 aromatic carbocycles. The predicted octanol–water partition coefficient (Wildman–Crippen LogP) is 4.57. The quantitative estimate of drug-likeness (QED) is 0.471. The van der Waals surface area contributed by atoms with Crippen molar-refractivity contribution in [3.8, 4) is 17.2 Å². The molecule has 0 saturated carbocycles. The molecule has 3 aromatic rings. The maximum absolute atomic E-state index is 13.0. The lowest BCUT2D eigenvalue weighted by atomic mass is 10.1. The van der Waals surface area contributed by atoms with Crippen molar-refractivity contribution in [2.45, 2.75) is 12.8 Å². The van der Waals surface area contributed by atoms with E-state index in [9.17, 15) is 9.59 Å². The van der Waals surface area contributed by atoms with E-state index in [2.05, 4.69) is 15.5 Å². The van der Waals surface area contributed by atoms with Gasteiger partial charge in [-0.05, 0) is 55.3 Å². The third-order valence-corrected chi connectivity index (χ3v) is 5.76. The lowest BCUT2D eigenvalue weighted by Gasteiger charge is -2.21. The van der Waals surface area contributed by atoms with Gasteiger partial charge in [0.1, 0.15) is 5.75 Å². The monoisotopic (exact) mass is 475 g/mol. The first-order valence-electron chi connectivity index (χ1n) is 11.5. The Morgan fingerprint density at radius 1 is 0.800 bits per heavy atom. The summed E-state index contributed by atoms with van der Waals surface area (Å²) in [5.74, 6) is 0.666. The molecule has 1 fully saturated rings. The Bertz CT molecular complexity index is 1190. The van der Waals surface area contributed by atoms with E-state index in [-0.39, 0.29) is 18.4 Å². The second-order valence-electron chi connectivity index (χ2n) is 8.07. The van der Waals surface area contributed by atoms with Gasteiger partial charge in [0, 0.05) is 18.7 Å². The molecular weight excluding hydrogens is 446 g/mol. The van der Waals surface area contributed by atoms with Crippen LogP contribution in [0.4, 0.5) is 17.1 Å². The van der Waals surface area contributed by atoms with Crippen LogP contribution in [0.2, 0.25) is 0 Å². The van der Waals surface area contributed by atoms with Gasteiger partial charge >= 0.3 is 0 Å². The van der Waals surface area contributed by atoms with Gasteiger partial charge in [0.25, 0.3) is 11.8 Å². The van der Waals surface area contributed by atoms with Crippen LogP contribution in [0.25, 0.3) is 0 Å². The highest BCUT2D eigenvalue weighted by Crippen LogP contribution is 2.31. The second kappa shape index (κ2) is 11.3. The lowest BCUT2D eigenvalue weighted by molar-refractivity contribution is -0.118. The Morgan fingerprint density at radius 2 is 1.49 bits per heavy atom. The summed E-state index contributed by atoms with van der Waals surface area (Å²) >= 11 is 0. The van der Waals surface area contributed by atoms with E-state index in [4.69, 9.17) is 14.2 Å². The molecule has 0 unspecified atom stereocenters. The molecule has 1 aliphatic rings. The standard InChI is InChI=1S/C27H29N3O5/c1-33-23-12-6-4-10-21(23)28-26(31)18-35-24-14-13-19(17-25(24)34-2)27(32)29-20-9-3-5-11-22(20)30-15-7-8-16-30/h3-6,9-14,17H,7-8,15-16,18H2,1-2H3,(H,28,31)(H,29,32). The lowest BCUT2D eigenvalue weighted by Crippen LogP contribution is -2.21. The third-order valence-electron chi connectivity index (χ3n) is 5.76. The van der Waals surface area contributed by atoms with Crippen molar-refractivity contribution in [2.75, 3.05) is 49.4 Å². The number of amides is 2. The first-order valence-corrected chi connectivity index (χ1v) is 11.5. The Kier molecular flexibility index (Phi) is 7.72. The minimum atomic E-state index is -0.350. The number of hydrogen-bond donors (Lipinski definition) is 2. The first-order chi connectivity index (χ1) is 17.1. The van der Waals surface area contributed by atoms with Crippen LogP contribution in [0.3, 0.4) is 0 Å². The number of para-hydroxylation sites is 4. The van der Waals surface area contributed by atoms with Crippen LogP contribution in [0, 0.1) is 0 Å². The number of carbonyl (C=O) groups excluding carboxylic acids is 2. The van der Waals surface area contributed by atoms with E-state index in [1.165, 1.54) is 14.2 Å². The van der Waals surface area contributed by atoms with Crippen molar-refractivity contribution < 1.29 is 23.8 Å². The van der Waals surface area contributed by atoms with Crippen molar-refractivity contribution in [2.24, 2.45) is 0 Å². The highest BCUT2D eigenvalue weighted by molar-refractivity contribution is 6.06. The van der Waals surface area contributed by atoms with E-state index in [0.717, 1.165) is 37.3 Å². The summed E-state index contributed by atoms with van der Waals surface area (Å²) in [4.78, 5) is 27.6. The number of hydrogen-bond acceptors (Lipinski definition) is 6. The van der Waals surface area contributed by atoms with Gasteiger partial charge in [-0.1, -0.05) is 24.3 Å². The summed E-state index contributed by atoms with van der Waals surface area (Å²) in [7, 11) is 3.02. The topological polar surface area (TPSA) is 89.1 Å². The van der Waals surface area contributed by atoms with Gasteiger partial charge in [0.2, 0.25) is 0 Å². The van der Waals surface area contributed by atoms with Gasteiger partial charge in [-0.15, -0.1) is 0 Å². The molecule has 0 aliphatic carbocycles. The maximum Gasteiger partial charge on any atom is 0.262 e. The highest BCUT2D eigenvalue weighted by Gasteiger charge is 2.18. The van der Waals surface area contributed by atoms with Crippen LogP contribution in [-0.2, 0) is 4.79 Å². The molecule has 8 heteroatoms. The molecule has 4 rings (SSSR count). The molecule has 0 spiro atoms. The molecule has 1 saturated heterocycles. The third kappa shape index (κ3) is 5.84. The van der Waals surface area contributed by atoms with E-state index < -0.39 is 0 Å². The van der Waals surface area contributed by atoms with Crippen LogP contribution in [0.5, 0.6) is 17.2 Å². The molecule has 2 N–H and O–H groups in total. The summed E-state index contributed by atoms with van der Waals surface area (Å²) in [6, 6.07) is 19.8. The highest BCUT2D eigenvalue weighted by atomic mass is 16.5. The normalized spacial score (nSPS) is 12.7. The molecular formula is C27H29N3O5. The molecule has 1 heterocycles. The molecule has 0 aromatic heterocycles. The zero-order valence-electron chi connectivity index (χ0n) is 19.9. The fraction of sp³-hybridized carbons (Fsp3) is 0.259. The van der Waals surface area contributed by atoms with Crippen LogP contribution in [0.1, 0.15) is 23.2 Å². The number of nitrogens with zero attached hydrogens (tertiary/aromatic N) is 1. The van der Waals surface area contributed by atoms with Gasteiger partial charge in [-0.25, -0.2) is 0 Å². The van der Waals surface area contributed by atoms with Crippen molar-refractivity contribution in [3.63, 3.8) is 0 Å². The van der Waals surface area contributed by atoms with Gasteiger partial charge in [-0.3, -0.25) is 9.59 Å². The minimum absolute atomic E-state index is 0.233. The number of benzene rings is 3. The van der Waals surface area contributed by atoms with Crippen molar-refractivity contribution in [1.82, 2.24) is 0 Å². The van der Waals surface area contributed by atoms with Gasteiger partial charge in [-0.2, -0.15) is 0 Å². The van der Waals surface area contributed by atoms with E-state index >= 15 is 0 Å². The number of anilines is 3. The van der Waals surface area contributed by atoms with Crippen LogP contribution in [0.15, 0.2) is 66.7 Å². The van der Waals surface area contributed by atoms with Gasteiger partial charge in [0.15, 0.2) is 18.1 Å². The number of ether oxygens (including phenoxy) is 3. The number of methoxy groups -OCH3 is 2. The Labute approximate surface area is 204 Å². The smallest absolute Gasteiger partial charge is 0.262 e. The average molecular weight is 476 g/mol.